The molecule has 4 nitrogen and oxygen atoms in total. The first-order valence-corrected chi connectivity index (χ1v) is 5.35. The van der Waals surface area contributed by atoms with E-state index in [4.69, 9.17) is 4.74 Å². The SMILES string of the molecule is CC(C)(C)OC(=O)NSc1cccnc1. The molecule has 1 rings (SSSR count). The van der Waals surface area contributed by atoms with Gasteiger partial charge >= 0.3 is 6.09 Å². The number of nitrogens with zero attached hydrogens (tertiary/aromatic N) is 1. The molecular formula is C10H14N2O2S. The lowest BCUT2D eigenvalue weighted by molar-refractivity contribution is 0.0574. The van der Waals surface area contributed by atoms with Gasteiger partial charge in [-0.1, -0.05) is 0 Å². The highest BCUT2D eigenvalue weighted by molar-refractivity contribution is 7.98. The molecule has 0 radical (unpaired) electrons. The van der Waals surface area contributed by atoms with E-state index >= 15 is 0 Å². The minimum Gasteiger partial charge on any atom is -0.443 e. The Hall–Kier alpha value is -1.23. The van der Waals surface area contributed by atoms with Gasteiger partial charge in [0.1, 0.15) is 5.60 Å². The van der Waals surface area contributed by atoms with Crippen molar-refractivity contribution in [3.8, 4) is 0 Å². The van der Waals surface area contributed by atoms with Crippen LogP contribution < -0.4 is 4.72 Å². The topological polar surface area (TPSA) is 51.2 Å². The molecular weight excluding hydrogens is 212 g/mol. The second-order valence-electron chi connectivity index (χ2n) is 3.89. The Morgan fingerprint density at radius 1 is 1.53 bits per heavy atom. The molecule has 0 saturated carbocycles. The van der Waals surface area contributed by atoms with Crippen molar-refractivity contribution in [2.45, 2.75) is 31.3 Å². The van der Waals surface area contributed by atoms with E-state index in [1.165, 1.54) is 11.9 Å². The minimum atomic E-state index is -0.473. The molecule has 5 heteroatoms. The van der Waals surface area contributed by atoms with E-state index in [0.717, 1.165) is 4.90 Å². The van der Waals surface area contributed by atoms with E-state index in [0.29, 0.717) is 0 Å². The van der Waals surface area contributed by atoms with Crippen molar-refractivity contribution < 1.29 is 9.53 Å². The number of carbonyl (C=O) groups excluding carboxylic acids is 1. The fourth-order valence-corrected chi connectivity index (χ4v) is 1.31. The fraction of sp³-hybridized carbons (Fsp3) is 0.400. The molecule has 0 unspecified atom stereocenters. The first kappa shape index (κ1) is 11.8. The van der Waals surface area contributed by atoms with Gasteiger partial charge in [-0.2, -0.15) is 0 Å². The van der Waals surface area contributed by atoms with Gasteiger partial charge in [0.05, 0.1) is 0 Å². The molecule has 15 heavy (non-hydrogen) atoms. The summed E-state index contributed by atoms with van der Waals surface area (Å²) in [7, 11) is 0. The van der Waals surface area contributed by atoms with Gasteiger partial charge in [-0.3, -0.25) is 9.71 Å². The quantitative estimate of drug-likeness (QED) is 0.787. The first-order valence-electron chi connectivity index (χ1n) is 4.53. The van der Waals surface area contributed by atoms with Crippen molar-refractivity contribution in [2.75, 3.05) is 0 Å². The van der Waals surface area contributed by atoms with Crippen molar-refractivity contribution in [1.29, 1.82) is 0 Å². The maximum absolute atomic E-state index is 11.3. The maximum atomic E-state index is 11.3. The number of hydrogen-bond donors (Lipinski definition) is 1. The van der Waals surface area contributed by atoms with Crippen molar-refractivity contribution >= 4 is 18.0 Å². The Morgan fingerprint density at radius 2 is 2.27 bits per heavy atom. The zero-order chi connectivity index (χ0) is 11.3. The summed E-state index contributed by atoms with van der Waals surface area (Å²) in [4.78, 5) is 16.0. The van der Waals surface area contributed by atoms with Crippen molar-refractivity contribution in [3.05, 3.63) is 24.5 Å². The summed E-state index contributed by atoms with van der Waals surface area (Å²) in [6, 6.07) is 3.66. The molecule has 0 fully saturated rings. The number of nitrogens with one attached hydrogen (secondary N) is 1. The Balaban J connectivity index is 2.35. The largest absolute Gasteiger partial charge is 0.443 e. The number of carbonyl (C=O) groups is 1. The van der Waals surface area contributed by atoms with E-state index in [1.54, 1.807) is 18.5 Å². The lowest BCUT2D eigenvalue weighted by Gasteiger charge is -2.19. The van der Waals surface area contributed by atoms with Gasteiger partial charge in [0, 0.05) is 17.3 Å². The van der Waals surface area contributed by atoms with Crippen LogP contribution in [0.3, 0.4) is 0 Å². The first-order chi connectivity index (χ1) is 6.97. The highest BCUT2D eigenvalue weighted by atomic mass is 32.2. The third-order valence-corrected chi connectivity index (χ3v) is 2.03. The summed E-state index contributed by atoms with van der Waals surface area (Å²) in [6.07, 6.45) is 2.90. The fourth-order valence-electron chi connectivity index (χ4n) is 0.807. The summed E-state index contributed by atoms with van der Waals surface area (Å²) in [5.41, 5.74) is -0.473. The molecule has 0 aromatic carbocycles. The third-order valence-electron chi connectivity index (χ3n) is 1.29. The molecule has 1 aromatic rings. The van der Waals surface area contributed by atoms with Crippen LogP contribution in [0.25, 0.3) is 0 Å². The molecule has 0 aliphatic rings. The number of ether oxygens (including phenoxy) is 1. The predicted octanol–water partition coefficient (Wildman–Crippen LogP) is 2.61. The molecule has 1 aromatic heterocycles. The normalized spacial score (nSPS) is 10.9. The summed E-state index contributed by atoms with van der Waals surface area (Å²) in [5, 5.41) is 0. The molecule has 1 N–H and O–H groups in total. The van der Waals surface area contributed by atoms with Crippen LogP contribution in [0.1, 0.15) is 20.8 Å². The number of rotatable bonds is 2. The molecule has 82 valence electrons. The Labute approximate surface area is 93.6 Å². The number of hydrogen-bond acceptors (Lipinski definition) is 4. The number of amides is 1. The third kappa shape index (κ3) is 5.27. The van der Waals surface area contributed by atoms with Crippen molar-refractivity contribution in [2.24, 2.45) is 0 Å². The van der Waals surface area contributed by atoms with Gasteiger partial charge in [0.2, 0.25) is 0 Å². The molecule has 1 amide bonds. The average Bonchev–Trinajstić information content (AvgIpc) is 2.14. The lowest BCUT2D eigenvalue weighted by atomic mass is 10.2. The van der Waals surface area contributed by atoms with Gasteiger partial charge in [0.25, 0.3) is 0 Å². The van der Waals surface area contributed by atoms with Gasteiger partial charge in [-0.15, -0.1) is 0 Å². The summed E-state index contributed by atoms with van der Waals surface area (Å²) < 4.78 is 7.64. The van der Waals surface area contributed by atoms with Gasteiger partial charge in [0.15, 0.2) is 0 Å². The maximum Gasteiger partial charge on any atom is 0.418 e. The molecule has 1 heterocycles. The summed E-state index contributed by atoms with van der Waals surface area (Å²) in [5.74, 6) is 0. The van der Waals surface area contributed by atoms with Crippen LogP contribution in [0, 0.1) is 0 Å². The summed E-state index contributed by atoms with van der Waals surface area (Å²) >= 11 is 1.18. The summed E-state index contributed by atoms with van der Waals surface area (Å²) in [6.45, 7) is 5.46. The standard InChI is InChI=1S/C10H14N2O2S/c1-10(2,3)14-9(13)12-15-8-5-4-6-11-7-8/h4-7H,1-3H3,(H,12,13). The van der Waals surface area contributed by atoms with Crippen LogP contribution >= 0.6 is 11.9 Å². The van der Waals surface area contributed by atoms with Crippen LogP contribution in [0.5, 0.6) is 0 Å². The highest BCUT2D eigenvalue weighted by Gasteiger charge is 2.15. The molecule has 0 aliphatic carbocycles. The molecule has 0 atom stereocenters. The van der Waals surface area contributed by atoms with E-state index in [1.807, 2.05) is 26.8 Å². The molecule has 0 saturated heterocycles. The Kier molecular flexibility index (Phi) is 3.96. The van der Waals surface area contributed by atoms with Gasteiger partial charge in [-0.25, -0.2) is 4.79 Å². The second kappa shape index (κ2) is 5.02. The van der Waals surface area contributed by atoms with Crippen LogP contribution in [-0.2, 0) is 4.74 Å². The lowest BCUT2D eigenvalue weighted by Crippen LogP contribution is -2.29. The van der Waals surface area contributed by atoms with Crippen molar-refractivity contribution in [1.82, 2.24) is 9.71 Å². The van der Waals surface area contributed by atoms with Crippen LogP contribution in [0.15, 0.2) is 29.4 Å². The smallest absolute Gasteiger partial charge is 0.418 e. The van der Waals surface area contributed by atoms with Crippen LogP contribution in [-0.4, -0.2) is 16.7 Å². The van der Waals surface area contributed by atoms with Gasteiger partial charge in [-0.05, 0) is 44.9 Å². The Bertz CT molecular complexity index is 322. The highest BCUT2D eigenvalue weighted by Crippen LogP contribution is 2.13. The zero-order valence-corrected chi connectivity index (χ0v) is 9.80. The van der Waals surface area contributed by atoms with E-state index in [-0.39, 0.29) is 0 Å². The van der Waals surface area contributed by atoms with Gasteiger partial charge < -0.3 is 4.74 Å². The van der Waals surface area contributed by atoms with Crippen LogP contribution in [0.2, 0.25) is 0 Å². The van der Waals surface area contributed by atoms with E-state index in [9.17, 15) is 4.79 Å². The molecule has 0 spiro atoms. The minimum absolute atomic E-state index is 0.448. The van der Waals surface area contributed by atoms with Crippen LogP contribution in [0.4, 0.5) is 4.79 Å². The number of aromatic nitrogens is 1. The van der Waals surface area contributed by atoms with E-state index in [2.05, 4.69) is 9.71 Å². The van der Waals surface area contributed by atoms with Crippen molar-refractivity contribution in [3.63, 3.8) is 0 Å². The zero-order valence-electron chi connectivity index (χ0n) is 8.98. The molecule has 0 bridgehead atoms. The monoisotopic (exact) mass is 226 g/mol. The number of pyridine rings is 1. The second-order valence-corrected chi connectivity index (χ2v) is 4.77. The molecule has 0 aliphatic heterocycles. The average molecular weight is 226 g/mol. The predicted molar refractivity (Wildman–Crippen MR) is 59.5 cm³/mol. The van der Waals surface area contributed by atoms with E-state index < -0.39 is 11.7 Å². The Morgan fingerprint density at radius 3 is 2.80 bits per heavy atom.